The van der Waals surface area contributed by atoms with Gasteiger partial charge < -0.3 is 20.9 Å². The van der Waals surface area contributed by atoms with Crippen molar-refractivity contribution >= 4 is 11.6 Å². The lowest BCUT2D eigenvalue weighted by atomic mass is 10.2. The van der Waals surface area contributed by atoms with E-state index in [4.69, 9.17) is 0 Å². The highest BCUT2D eigenvalue weighted by Gasteiger charge is 2.16. The number of rotatable bonds is 7. The molecule has 6 nitrogen and oxygen atoms in total. The van der Waals surface area contributed by atoms with Crippen molar-refractivity contribution in [3.63, 3.8) is 0 Å². The van der Waals surface area contributed by atoms with E-state index in [0.717, 1.165) is 44.2 Å². The van der Waals surface area contributed by atoms with Gasteiger partial charge in [-0.3, -0.25) is 0 Å². The highest BCUT2D eigenvalue weighted by molar-refractivity contribution is 5.47. The van der Waals surface area contributed by atoms with Crippen LogP contribution in [0.3, 0.4) is 0 Å². The Morgan fingerprint density at radius 1 is 1.33 bits per heavy atom. The van der Waals surface area contributed by atoms with Gasteiger partial charge in [0.05, 0.1) is 6.04 Å². The molecule has 1 aromatic rings. The molecule has 2 rings (SSSR count). The second-order valence-electron chi connectivity index (χ2n) is 4.87. The van der Waals surface area contributed by atoms with E-state index in [-0.39, 0.29) is 0 Å². The van der Waals surface area contributed by atoms with Crippen LogP contribution in [0.4, 0.5) is 11.6 Å². The summed E-state index contributed by atoms with van der Waals surface area (Å²) in [5.41, 5.74) is 0. The minimum absolute atomic E-state index is 0.501. The molecule has 18 heavy (non-hydrogen) atoms. The summed E-state index contributed by atoms with van der Waals surface area (Å²) < 4.78 is 0. The molecule has 0 bridgehead atoms. The van der Waals surface area contributed by atoms with Gasteiger partial charge in [-0.05, 0) is 27.1 Å². The van der Waals surface area contributed by atoms with Crippen LogP contribution in [0.1, 0.15) is 6.42 Å². The van der Waals surface area contributed by atoms with Crippen molar-refractivity contribution < 1.29 is 0 Å². The first kappa shape index (κ1) is 13.0. The van der Waals surface area contributed by atoms with Crippen LogP contribution in [0.5, 0.6) is 0 Å². The van der Waals surface area contributed by atoms with Gasteiger partial charge in [0.2, 0.25) is 0 Å². The lowest BCUT2D eigenvalue weighted by Crippen LogP contribution is -2.51. The summed E-state index contributed by atoms with van der Waals surface area (Å²) in [7, 11) is 4.17. The van der Waals surface area contributed by atoms with Crippen molar-refractivity contribution in [3.8, 4) is 0 Å². The molecule has 0 unspecified atom stereocenters. The van der Waals surface area contributed by atoms with Crippen LogP contribution in [-0.2, 0) is 0 Å². The highest BCUT2D eigenvalue weighted by Crippen LogP contribution is 2.10. The standard InChI is InChI=1S/C12H22N6/c1-18(2)5-3-4-14-11-6-12(16-9-15-11)17-10-7-13-8-10/h6,9-10,13H,3-5,7-8H2,1-2H3,(H2,14,15,16,17). The molecule has 0 spiro atoms. The van der Waals surface area contributed by atoms with Gasteiger partial charge in [0.25, 0.3) is 0 Å². The van der Waals surface area contributed by atoms with E-state index >= 15 is 0 Å². The lowest BCUT2D eigenvalue weighted by molar-refractivity contribution is 0.405. The quantitative estimate of drug-likeness (QED) is 0.602. The fourth-order valence-corrected chi connectivity index (χ4v) is 1.74. The molecule has 1 aliphatic rings. The first-order chi connectivity index (χ1) is 8.74. The highest BCUT2D eigenvalue weighted by atomic mass is 15.1. The maximum absolute atomic E-state index is 4.22. The van der Waals surface area contributed by atoms with Crippen molar-refractivity contribution in [1.82, 2.24) is 20.2 Å². The van der Waals surface area contributed by atoms with Gasteiger partial charge in [0.15, 0.2) is 0 Å². The van der Waals surface area contributed by atoms with E-state index in [1.165, 1.54) is 0 Å². The van der Waals surface area contributed by atoms with Crippen LogP contribution in [0.15, 0.2) is 12.4 Å². The molecular formula is C12H22N6. The third-order valence-corrected chi connectivity index (χ3v) is 2.89. The molecule has 1 saturated heterocycles. The van der Waals surface area contributed by atoms with Crippen molar-refractivity contribution in [2.45, 2.75) is 12.5 Å². The maximum atomic E-state index is 4.22. The van der Waals surface area contributed by atoms with Gasteiger partial charge in [-0.1, -0.05) is 0 Å². The first-order valence-corrected chi connectivity index (χ1v) is 6.42. The number of hydrogen-bond donors (Lipinski definition) is 3. The van der Waals surface area contributed by atoms with Crippen molar-refractivity contribution in [3.05, 3.63) is 12.4 Å². The predicted octanol–water partition coefficient (Wildman–Crippen LogP) is 0.224. The lowest BCUT2D eigenvalue weighted by Gasteiger charge is -2.28. The van der Waals surface area contributed by atoms with Crippen LogP contribution >= 0.6 is 0 Å². The molecule has 1 aliphatic heterocycles. The average Bonchev–Trinajstić information content (AvgIpc) is 2.30. The van der Waals surface area contributed by atoms with Crippen LogP contribution in [0.25, 0.3) is 0 Å². The average molecular weight is 250 g/mol. The van der Waals surface area contributed by atoms with E-state index in [0.29, 0.717) is 6.04 Å². The van der Waals surface area contributed by atoms with Crippen LogP contribution in [-0.4, -0.2) is 61.2 Å². The predicted molar refractivity (Wildman–Crippen MR) is 74.0 cm³/mol. The van der Waals surface area contributed by atoms with E-state index in [2.05, 4.69) is 44.9 Å². The van der Waals surface area contributed by atoms with E-state index in [1.807, 2.05) is 6.07 Å². The smallest absolute Gasteiger partial charge is 0.131 e. The minimum Gasteiger partial charge on any atom is -0.370 e. The summed E-state index contributed by atoms with van der Waals surface area (Å²) in [5.74, 6) is 1.78. The van der Waals surface area contributed by atoms with Crippen LogP contribution in [0.2, 0.25) is 0 Å². The summed E-state index contributed by atoms with van der Waals surface area (Å²) in [6.07, 6.45) is 2.70. The van der Waals surface area contributed by atoms with Crippen LogP contribution < -0.4 is 16.0 Å². The molecule has 0 atom stereocenters. The Kier molecular flexibility index (Phi) is 4.72. The zero-order valence-electron chi connectivity index (χ0n) is 11.1. The normalized spacial score (nSPS) is 15.5. The Morgan fingerprint density at radius 3 is 2.78 bits per heavy atom. The Balaban J connectivity index is 1.75. The number of nitrogens with zero attached hydrogens (tertiary/aromatic N) is 3. The maximum Gasteiger partial charge on any atom is 0.131 e. The molecule has 100 valence electrons. The fraction of sp³-hybridized carbons (Fsp3) is 0.667. The van der Waals surface area contributed by atoms with E-state index < -0.39 is 0 Å². The van der Waals surface area contributed by atoms with Crippen molar-refractivity contribution in [2.24, 2.45) is 0 Å². The molecule has 0 aliphatic carbocycles. The number of hydrogen-bond acceptors (Lipinski definition) is 6. The summed E-state index contributed by atoms with van der Waals surface area (Å²) in [6, 6.07) is 2.47. The second kappa shape index (κ2) is 6.51. The molecule has 3 N–H and O–H groups in total. The Bertz CT molecular complexity index is 363. The fourth-order valence-electron chi connectivity index (χ4n) is 1.74. The van der Waals surface area contributed by atoms with Crippen molar-refractivity contribution in [2.75, 3.05) is 50.9 Å². The molecule has 1 fully saturated rings. The largest absolute Gasteiger partial charge is 0.370 e. The summed E-state index contributed by atoms with van der Waals surface area (Å²) in [6.45, 7) is 4.03. The molecule has 0 amide bonds. The molecule has 1 aromatic heterocycles. The number of nitrogens with one attached hydrogen (secondary N) is 3. The topological polar surface area (TPSA) is 65.1 Å². The van der Waals surface area contributed by atoms with Gasteiger partial charge in [-0.2, -0.15) is 0 Å². The molecule has 0 saturated carbocycles. The third-order valence-electron chi connectivity index (χ3n) is 2.89. The molecular weight excluding hydrogens is 228 g/mol. The molecule has 2 heterocycles. The van der Waals surface area contributed by atoms with Gasteiger partial charge in [0, 0.05) is 25.7 Å². The molecule has 0 radical (unpaired) electrons. The van der Waals surface area contributed by atoms with Gasteiger partial charge >= 0.3 is 0 Å². The number of anilines is 2. The second-order valence-corrected chi connectivity index (χ2v) is 4.87. The van der Waals surface area contributed by atoms with Crippen LogP contribution in [0, 0.1) is 0 Å². The Morgan fingerprint density at radius 2 is 2.11 bits per heavy atom. The SMILES string of the molecule is CN(C)CCCNc1cc(NC2CNC2)ncn1. The van der Waals surface area contributed by atoms with Crippen molar-refractivity contribution in [1.29, 1.82) is 0 Å². The zero-order valence-corrected chi connectivity index (χ0v) is 11.1. The molecule has 0 aromatic carbocycles. The Labute approximate surface area is 108 Å². The third kappa shape index (κ3) is 4.12. The zero-order chi connectivity index (χ0) is 12.8. The minimum atomic E-state index is 0.501. The van der Waals surface area contributed by atoms with Gasteiger partial charge in [0.1, 0.15) is 18.0 Å². The first-order valence-electron chi connectivity index (χ1n) is 6.42. The van der Waals surface area contributed by atoms with Gasteiger partial charge in [-0.15, -0.1) is 0 Å². The van der Waals surface area contributed by atoms with Gasteiger partial charge in [-0.25, -0.2) is 9.97 Å². The molecule has 6 heteroatoms. The van der Waals surface area contributed by atoms with E-state index in [9.17, 15) is 0 Å². The summed E-state index contributed by atoms with van der Waals surface area (Å²) in [5, 5.41) is 9.90. The number of aromatic nitrogens is 2. The summed E-state index contributed by atoms with van der Waals surface area (Å²) in [4.78, 5) is 10.6. The van der Waals surface area contributed by atoms with E-state index in [1.54, 1.807) is 6.33 Å². The monoisotopic (exact) mass is 250 g/mol. The summed E-state index contributed by atoms with van der Waals surface area (Å²) >= 11 is 0. The Hall–Kier alpha value is -1.40.